The van der Waals surface area contributed by atoms with E-state index >= 15 is 0 Å². The third-order valence-corrected chi connectivity index (χ3v) is 17.9. The van der Waals surface area contributed by atoms with Crippen molar-refractivity contribution in [3.63, 3.8) is 0 Å². The second-order valence-electron chi connectivity index (χ2n) is 31.9. The Balaban J connectivity index is 1.28. The van der Waals surface area contributed by atoms with Gasteiger partial charge in [-0.25, -0.2) is 4.99 Å². The first-order chi connectivity index (χ1) is 48.6. The number of benzene rings is 1. The molecule has 6 heterocycles. The molecule has 2 aliphatic rings. The Morgan fingerprint density at radius 2 is 1.17 bits per heavy atom. The summed E-state index contributed by atoms with van der Waals surface area (Å²) in [6.45, 7) is 40.5. The molecule has 23 nitrogen and oxygen atoms in total. The van der Waals surface area contributed by atoms with Gasteiger partial charge >= 0.3 is 29.8 Å². The molecule has 0 saturated heterocycles. The quantitative estimate of drug-likeness (QED) is 0.0152. The number of nitrogens with zero attached hydrogens (tertiary/aromatic N) is 5. The molecule has 7 rings (SSSR count). The molecule has 0 fully saturated rings. The van der Waals surface area contributed by atoms with E-state index in [1.807, 2.05) is 45.1 Å². The first-order valence-corrected chi connectivity index (χ1v) is 36.9. The van der Waals surface area contributed by atoms with Gasteiger partial charge < -0.3 is 53.8 Å². The monoisotopic (exact) mass is 1440 g/mol. The van der Waals surface area contributed by atoms with Gasteiger partial charge in [0.1, 0.15) is 22.4 Å². The first-order valence-electron chi connectivity index (χ1n) is 36.9. The average Bonchev–Trinajstić information content (AvgIpc) is 1.55. The van der Waals surface area contributed by atoms with Crippen molar-refractivity contribution in [3.05, 3.63) is 118 Å². The van der Waals surface area contributed by atoms with Crippen molar-refractivity contribution in [2.75, 3.05) is 64.3 Å². The van der Waals surface area contributed by atoms with Crippen molar-refractivity contribution < 1.29 is 62.3 Å². The van der Waals surface area contributed by atoms with Gasteiger partial charge in [0.2, 0.25) is 11.8 Å². The number of esters is 5. The van der Waals surface area contributed by atoms with Gasteiger partial charge in [-0.2, -0.15) is 0 Å². The molecule has 1 aromatic carbocycles. The predicted octanol–water partition coefficient (Wildman–Crippen LogP) is 11.5. The van der Waals surface area contributed by atoms with Crippen LogP contribution in [0.25, 0.3) is 29.1 Å². The van der Waals surface area contributed by atoms with Crippen LogP contribution in [0.1, 0.15) is 232 Å². The molecule has 0 radical (unpaired) electrons. The number of aromatic nitrogens is 4. The third-order valence-electron chi connectivity index (χ3n) is 17.9. The van der Waals surface area contributed by atoms with Crippen LogP contribution < -0.4 is 21.6 Å². The van der Waals surface area contributed by atoms with Crippen LogP contribution in [0.4, 0.5) is 5.69 Å². The van der Waals surface area contributed by atoms with Crippen LogP contribution in [0, 0.1) is 20.8 Å². The summed E-state index contributed by atoms with van der Waals surface area (Å²) in [5.41, 5.74) is 8.17. The highest BCUT2D eigenvalue weighted by Gasteiger charge is 2.35. The van der Waals surface area contributed by atoms with Gasteiger partial charge in [-0.3, -0.25) is 52.8 Å². The van der Waals surface area contributed by atoms with Crippen molar-refractivity contribution in [1.82, 2.24) is 34.2 Å². The van der Waals surface area contributed by atoms with Crippen LogP contribution >= 0.6 is 0 Å². The molecular weight excluding hydrogens is 1320 g/mol. The second-order valence-corrected chi connectivity index (χ2v) is 31.9. The van der Waals surface area contributed by atoms with Crippen LogP contribution in [-0.4, -0.2) is 174 Å². The number of aliphatic imine (C=N–C) groups is 1. The van der Waals surface area contributed by atoms with E-state index in [1.54, 1.807) is 124 Å². The Labute approximate surface area is 614 Å². The second kappa shape index (κ2) is 35.1. The van der Waals surface area contributed by atoms with Crippen LogP contribution in [0.15, 0.2) is 50.9 Å². The Hall–Kier alpha value is -8.38. The lowest BCUT2D eigenvalue weighted by Gasteiger charge is -2.36. The van der Waals surface area contributed by atoms with Crippen LogP contribution in [0.2, 0.25) is 0 Å². The number of aryl methyl sites for hydroxylation is 1. The maximum absolute atomic E-state index is 14.8. The standard InChI is InChI=1S/C81H117N9O14/c1-23-26-34-90-76(97)72-52(9)62-40-63-57(25-3)49(6)59(83-63)41-64-71(53(10)99-37-27-24-2)51(8)61(84-64)39-60-50(7)58(74(85-60)73(77(90)98)75(72)86-62)32-33-65(91)82-55-30-28-54(29-31-55)38-56(89(46-69(95)103-80(17,18)19)47-70(96)104-81(20,21)22)42-87(44-67(93)101-78(11,12)13)35-36-88(43-66(92)100-48(4)5)45-68(94)102-79(14,15)16/h28-31,39-41,48,53,56,83-84,86,98H,23-27,32-38,42-47H2,1-22H3,(H,82,91). The molecule has 1 amide bonds. The summed E-state index contributed by atoms with van der Waals surface area (Å²) < 4.78 is 36.7. The van der Waals surface area contributed by atoms with E-state index in [0.29, 0.717) is 57.9 Å². The number of allylic oxidation sites excluding steroid dienone is 2. The van der Waals surface area contributed by atoms with E-state index in [-0.39, 0.29) is 102 Å². The summed E-state index contributed by atoms with van der Waals surface area (Å²) in [6.07, 6.45) is 9.96. The molecule has 570 valence electrons. The highest BCUT2D eigenvalue weighted by Crippen LogP contribution is 2.40. The predicted molar refractivity (Wildman–Crippen MR) is 408 cm³/mol. The molecule has 23 heteroatoms. The fourth-order valence-corrected chi connectivity index (χ4v) is 13.2. The first kappa shape index (κ1) is 82.9. The lowest BCUT2D eigenvalue weighted by atomic mass is 9.94. The number of hydrogen-bond acceptors (Lipinski definition) is 18. The number of anilines is 1. The minimum atomic E-state index is -0.886. The van der Waals surface area contributed by atoms with Gasteiger partial charge in [0.25, 0.3) is 5.56 Å². The SMILES string of the molecule is CCCCOC(C)c1c2[nH]c(c1C)C=C1N=C(C(CCC(=O)Nc3ccc(CC(CN(CCN(CC(=O)OC(C)C)CC(=O)OC(C)(C)C)CC(=O)OC(C)(C)C)N(CC(=O)OC(C)(C)C)CC(=O)OC(C)(C)C)cc3)=C1C)c1c(O)n(CCCC)c(=O)c3c(C)c([nH]c13)C=c1[nH]c(c(C)c1CC)=C2. The van der Waals surface area contributed by atoms with Crippen LogP contribution in [0.5, 0.6) is 5.88 Å². The van der Waals surface area contributed by atoms with Gasteiger partial charge in [0.05, 0.1) is 72.8 Å². The highest BCUT2D eigenvalue weighted by atomic mass is 16.6. The normalized spacial score (nSPS) is 14.1. The molecule has 0 saturated carbocycles. The maximum Gasteiger partial charge on any atom is 0.320 e. The lowest BCUT2D eigenvalue weighted by Crippen LogP contribution is -2.52. The van der Waals surface area contributed by atoms with E-state index in [9.17, 15) is 38.7 Å². The lowest BCUT2D eigenvalue weighted by molar-refractivity contribution is -0.162. The number of fused-ring (bicyclic) bond motifs is 7. The van der Waals surface area contributed by atoms with E-state index in [0.717, 1.165) is 86.7 Å². The van der Waals surface area contributed by atoms with Crippen molar-refractivity contribution in [1.29, 1.82) is 0 Å². The van der Waals surface area contributed by atoms with Gasteiger partial charge in [0.15, 0.2) is 0 Å². The molecule has 5 aromatic rings. The van der Waals surface area contributed by atoms with Crippen molar-refractivity contribution in [2.45, 2.75) is 251 Å². The molecule has 4 aromatic heterocycles. The molecule has 0 aliphatic carbocycles. The fraction of sp³-hybridized carbons (Fsp3) is 0.580. The molecule has 104 heavy (non-hydrogen) atoms. The van der Waals surface area contributed by atoms with Gasteiger partial charge in [-0.15, -0.1) is 0 Å². The number of ether oxygens (including phenoxy) is 6. The maximum atomic E-state index is 14.8. The molecule has 2 atom stereocenters. The molecule has 5 N–H and O–H groups in total. The smallest absolute Gasteiger partial charge is 0.320 e. The summed E-state index contributed by atoms with van der Waals surface area (Å²) in [6, 6.07) is 6.50. The Morgan fingerprint density at radius 1 is 0.635 bits per heavy atom. The number of pyridine rings is 1. The zero-order valence-corrected chi connectivity index (χ0v) is 66.0. The summed E-state index contributed by atoms with van der Waals surface area (Å²) in [5.74, 6) is -3.46. The summed E-state index contributed by atoms with van der Waals surface area (Å²) >= 11 is 0. The van der Waals surface area contributed by atoms with Gasteiger partial charge in [-0.05, 0) is 233 Å². The number of rotatable bonds is 32. The van der Waals surface area contributed by atoms with Crippen molar-refractivity contribution >= 4 is 76.3 Å². The van der Waals surface area contributed by atoms with Crippen molar-refractivity contribution in [3.8, 4) is 5.88 Å². The van der Waals surface area contributed by atoms with Crippen LogP contribution in [0.3, 0.4) is 0 Å². The number of carbonyl (C=O) groups excluding carboxylic acids is 6. The number of unbranched alkanes of at least 4 members (excludes halogenated alkanes) is 2. The summed E-state index contributed by atoms with van der Waals surface area (Å²) in [5, 5.41) is 18.0. The number of carbonyl (C=O) groups is 6. The fourth-order valence-electron chi connectivity index (χ4n) is 13.2. The molecule has 2 unspecified atom stereocenters. The minimum Gasteiger partial charge on any atom is -0.494 e. The number of aromatic amines is 3. The van der Waals surface area contributed by atoms with Gasteiger partial charge in [-0.1, -0.05) is 45.7 Å². The topological polar surface area (TPSA) is 282 Å². The van der Waals surface area contributed by atoms with Crippen molar-refractivity contribution in [2.24, 2.45) is 4.99 Å². The minimum absolute atomic E-state index is 0.0116. The van der Waals surface area contributed by atoms with E-state index < -0.39 is 64.4 Å². The molecular formula is C81H117N9O14. The summed E-state index contributed by atoms with van der Waals surface area (Å²) in [7, 11) is 0. The van der Waals surface area contributed by atoms with Gasteiger partial charge in [0, 0.05) is 84.3 Å². The third kappa shape index (κ3) is 23.1. The number of H-pyrrole nitrogens is 3. The Kier molecular flexibility index (Phi) is 28.0. The highest BCUT2D eigenvalue weighted by molar-refractivity contribution is 6.23. The molecule has 2 aliphatic heterocycles. The number of amides is 1. The molecule has 0 spiro atoms. The van der Waals surface area contributed by atoms with E-state index in [4.69, 9.17) is 33.4 Å². The van der Waals surface area contributed by atoms with Crippen LogP contribution in [-0.2, 0) is 76.6 Å². The van der Waals surface area contributed by atoms with E-state index in [1.165, 1.54) is 4.57 Å². The molecule has 8 bridgehead atoms. The largest absolute Gasteiger partial charge is 0.494 e. The number of nitrogens with one attached hydrogen (secondary N) is 4. The zero-order chi connectivity index (χ0) is 77.1. The number of hydrogen-bond donors (Lipinski definition) is 5. The zero-order valence-electron chi connectivity index (χ0n) is 66.0. The Morgan fingerprint density at radius 3 is 1.73 bits per heavy atom. The average molecular weight is 1440 g/mol. The van der Waals surface area contributed by atoms with E-state index in [2.05, 4.69) is 61.0 Å². The summed E-state index contributed by atoms with van der Waals surface area (Å²) in [4.78, 5) is 120. The number of aromatic hydroxyl groups is 1. The Bertz CT molecular complexity index is 4190.